The van der Waals surface area contributed by atoms with Gasteiger partial charge in [0.15, 0.2) is 4.80 Å². The lowest BCUT2D eigenvalue weighted by Gasteiger charge is -2.35. The lowest BCUT2D eigenvalue weighted by molar-refractivity contribution is -0.143. The third-order valence-corrected chi connectivity index (χ3v) is 7.46. The molecule has 1 aliphatic heterocycles. The SMILES string of the molecule is CCOC(=O)Cn1c(=NC(=O)CSCC(=O)N2CCCCC2CC)sc2cc(C)ccc21. The van der Waals surface area contributed by atoms with Crippen LogP contribution in [0.15, 0.2) is 23.2 Å². The molecule has 0 N–H and O–H groups in total. The number of carbonyl (C=O) groups excluding carboxylic acids is 3. The number of aryl methyl sites for hydroxylation is 1. The van der Waals surface area contributed by atoms with Crippen molar-refractivity contribution < 1.29 is 19.1 Å². The Labute approximate surface area is 196 Å². The number of fused-ring (bicyclic) bond motifs is 1. The zero-order valence-electron chi connectivity index (χ0n) is 19.0. The van der Waals surface area contributed by atoms with E-state index in [2.05, 4.69) is 11.9 Å². The highest BCUT2D eigenvalue weighted by molar-refractivity contribution is 8.00. The summed E-state index contributed by atoms with van der Waals surface area (Å²) in [5, 5.41) is 0. The van der Waals surface area contributed by atoms with Crippen molar-refractivity contribution >= 4 is 51.1 Å². The second-order valence-electron chi connectivity index (χ2n) is 7.89. The Bertz CT molecular complexity index is 1040. The van der Waals surface area contributed by atoms with Crippen molar-refractivity contribution in [2.45, 2.75) is 59.0 Å². The number of likely N-dealkylation sites (tertiary alicyclic amines) is 1. The summed E-state index contributed by atoms with van der Waals surface area (Å²) >= 11 is 2.68. The smallest absolute Gasteiger partial charge is 0.326 e. The van der Waals surface area contributed by atoms with Crippen molar-refractivity contribution in [1.29, 1.82) is 0 Å². The molecule has 1 aromatic heterocycles. The van der Waals surface area contributed by atoms with Crippen molar-refractivity contribution in [1.82, 2.24) is 9.47 Å². The molecule has 0 spiro atoms. The summed E-state index contributed by atoms with van der Waals surface area (Å²) in [4.78, 5) is 44.0. The zero-order chi connectivity index (χ0) is 23.1. The predicted molar refractivity (Wildman–Crippen MR) is 129 cm³/mol. The van der Waals surface area contributed by atoms with E-state index in [1.807, 2.05) is 30.0 Å². The van der Waals surface area contributed by atoms with Gasteiger partial charge < -0.3 is 14.2 Å². The Morgan fingerprint density at radius 2 is 2.03 bits per heavy atom. The molecule has 0 saturated carbocycles. The molecule has 1 aromatic carbocycles. The van der Waals surface area contributed by atoms with E-state index in [9.17, 15) is 14.4 Å². The maximum absolute atomic E-state index is 12.6. The monoisotopic (exact) mass is 477 g/mol. The van der Waals surface area contributed by atoms with Gasteiger partial charge in [-0.1, -0.05) is 24.3 Å². The van der Waals surface area contributed by atoms with E-state index in [1.54, 1.807) is 11.5 Å². The van der Waals surface area contributed by atoms with Gasteiger partial charge in [-0.25, -0.2) is 0 Å². The molecule has 7 nitrogen and oxygen atoms in total. The minimum Gasteiger partial charge on any atom is -0.465 e. The molecule has 2 aromatic rings. The average Bonchev–Trinajstić information content (AvgIpc) is 3.09. The highest BCUT2D eigenvalue weighted by atomic mass is 32.2. The van der Waals surface area contributed by atoms with Crippen LogP contribution in [-0.4, -0.2) is 57.9 Å². The Balaban J connectivity index is 1.70. The van der Waals surface area contributed by atoms with Crippen molar-refractivity contribution in [2.24, 2.45) is 4.99 Å². The molecule has 0 aliphatic carbocycles. The number of piperidine rings is 1. The molecule has 1 atom stereocenters. The molecule has 32 heavy (non-hydrogen) atoms. The van der Waals surface area contributed by atoms with Crippen molar-refractivity contribution in [3.63, 3.8) is 0 Å². The molecular formula is C23H31N3O4S2. The van der Waals surface area contributed by atoms with Crippen LogP contribution in [0.5, 0.6) is 0 Å². The minimum atomic E-state index is -0.367. The van der Waals surface area contributed by atoms with E-state index in [4.69, 9.17) is 4.74 Å². The summed E-state index contributed by atoms with van der Waals surface area (Å²) in [5.74, 6) is -0.165. The first kappa shape index (κ1) is 24.5. The van der Waals surface area contributed by atoms with Crippen LogP contribution in [0.4, 0.5) is 0 Å². The number of carbonyl (C=O) groups is 3. The topological polar surface area (TPSA) is 81.0 Å². The number of benzene rings is 1. The maximum atomic E-state index is 12.6. The molecule has 0 bridgehead atoms. The summed E-state index contributed by atoms with van der Waals surface area (Å²) in [6.45, 7) is 6.98. The fraction of sp³-hybridized carbons (Fsp3) is 0.565. The molecule has 174 valence electrons. The Hall–Kier alpha value is -2.13. The number of amides is 2. The molecule has 1 fully saturated rings. The number of hydrogen-bond acceptors (Lipinski definition) is 6. The van der Waals surface area contributed by atoms with Crippen LogP contribution in [-0.2, 0) is 25.7 Å². The van der Waals surface area contributed by atoms with Gasteiger partial charge in [0.2, 0.25) is 5.91 Å². The van der Waals surface area contributed by atoms with Crippen molar-refractivity contribution in [3.8, 4) is 0 Å². The number of esters is 1. The second kappa shape index (κ2) is 11.7. The summed E-state index contributed by atoms with van der Waals surface area (Å²) in [5.41, 5.74) is 1.94. The summed E-state index contributed by atoms with van der Waals surface area (Å²) in [7, 11) is 0. The van der Waals surface area contributed by atoms with Gasteiger partial charge in [-0.2, -0.15) is 4.99 Å². The summed E-state index contributed by atoms with van der Waals surface area (Å²) in [6.07, 6.45) is 4.25. The molecule has 2 heterocycles. The fourth-order valence-electron chi connectivity index (χ4n) is 3.96. The standard InChI is InChI=1S/C23H31N3O4S2/c1-4-17-8-6-7-11-25(17)21(28)15-31-14-20(27)24-23-26(13-22(29)30-5-2)18-10-9-16(3)12-19(18)32-23/h9-10,12,17H,4-8,11,13-15H2,1-3H3. The van der Waals surface area contributed by atoms with Gasteiger partial charge in [-0.3, -0.25) is 14.4 Å². The predicted octanol–water partition coefficient (Wildman–Crippen LogP) is 3.53. The molecule has 0 radical (unpaired) electrons. The highest BCUT2D eigenvalue weighted by Gasteiger charge is 2.25. The quantitative estimate of drug-likeness (QED) is 0.544. The first-order valence-electron chi connectivity index (χ1n) is 11.1. The van der Waals surface area contributed by atoms with Crippen LogP contribution in [0.2, 0.25) is 0 Å². The Morgan fingerprint density at radius 3 is 2.78 bits per heavy atom. The van der Waals surface area contributed by atoms with Gasteiger partial charge in [0.1, 0.15) is 6.54 Å². The maximum Gasteiger partial charge on any atom is 0.326 e. The van der Waals surface area contributed by atoms with Gasteiger partial charge in [-0.05, 0) is 57.2 Å². The van der Waals surface area contributed by atoms with Gasteiger partial charge >= 0.3 is 5.97 Å². The number of thioether (sulfide) groups is 1. The number of ether oxygens (including phenoxy) is 1. The number of thiazole rings is 1. The van der Waals surface area contributed by atoms with E-state index in [0.717, 1.165) is 41.6 Å². The minimum absolute atomic E-state index is 0.00199. The lowest BCUT2D eigenvalue weighted by atomic mass is 10.0. The van der Waals surface area contributed by atoms with Crippen molar-refractivity contribution in [2.75, 3.05) is 24.7 Å². The lowest BCUT2D eigenvalue weighted by Crippen LogP contribution is -2.44. The summed E-state index contributed by atoms with van der Waals surface area (Å²) < 4.78 is 7.77. The van der Waals surface area contributed by atoms with Crippen molar-refractivity contribution in [3.05, 3.63) is 28.6 Å². The van der Waals surface area contributed by atoms with E-state index in [1.165, 1.54) is 29.5 Å². The van der Waals surface area contributed by atoms with E-state index >= 15 is 0 Å². The van der Waals surface area contributed by atoms with Gasteiger partial charge in [0.25, 0.3) is 5.91 Å². The zero-order valence-corrected chi connectivity index (χ0v) is 20.6. The van der Waals surface area contributed by atoms with Crippen LogP contribution < -0.4 is 4.80 Å². The number of rotatable bonds is 8. The molecule has 3 rings (SSSR count). The summed E-state index contributed by atoms with van der Waals surface area (Å²) in [6, 6.07) is 6.23. The average molecular weight is 478 g/mol. The highest BCUT2D eigenvalue weighted by Crippen LogP contribution is 2.21. The van der Waals surface area contributed by atoms with E-state index in [0.29, 0.717) is 17.5 Å². The number of aromatic nitrogens is 1. The Morgan fingerprint density at radius 1 is 1.22 bits per heavy atom. The normalized spacial score (nSPS) is 17.0. The number of nitrogens with zero attached hydrogens (tertiary/aromatic N) is 3. The third-order valence-electron chi connectivity index (χ3n) is 5.52. The molecule has 1 aliphatic rings. The first-order valence-corrected chi connectivity index (χ1v) is 13.1. The molecule has 1 unspecified atom stereocenters. The number of hydrogen-bond donors (Lipinski definition) is 0. The van der Waals surface area contributed by atoms with Gasteiger partial charge in [0.05, 0.1) is 28.3 Å². The molecule has 1 saturated heterocycles. The first-order chi connectivity index (χ1) is 15.4. The Kier molecular flexibility index (Phi) is 8.92. The van der Waals surface area contributed by atoms with Gasteiger partial charge in [0, 0.05) is 12.6 Å². The van der Waals surface area contributed by atoms with Crippen LogP contribution in [0.1, 0.15) is 45.1 Å². The molecule has 9 heteroatoms. The van der Waals surface area contributed by atoms with E-state index in [-0.39, 0.29) is 35.8 Å². The fourth-order valence-corrected chi connectivity index (χ4v) is 5.78. The molecular weight excluding hydrogens is 446 g/mol. The largest absolute Gasteiger partial charge is 0.465 e. The van der Waals surface area contributed by atoms with Crippen LogP contribution in [0.3, 0.4) is 0 Å². The van der Waals surface area contributed by atoms with Crippen LogP contribution in [0.25, 0.3) is 10.2 Å². The van der Waals surface area contributed by atoms with E-state index < -0.39 is 0 Å². The molecule has 2 amide bonds. The van der Waals surface area contributed by atoms with Gasteiger partial charge in [-0.15, -0.1) is 11.8 Å². The second-order valence-corrected chi connectivity index (χ2v) is 9.89. The van der Waals surface area contributed by atoms with Crippen LogP contribution in [0, 0.1) is 6.92 Å². The van der Waals surface area contributed by atoms with Crippen LogP contribution >= 0.6 is 23.1 Å². The third kappa shape index (κ3) is 6.22.